The van der Waals surface area contributed by atoms with Gasteiger partial charge in [-0.25, -0.2) is 9.67 Å². The summed E-state index contributed by atoms with van der Waals surface area (Å²) in [6, 6.07) is 7.55. The second-order valence-electron chi connectivity index (χ2n) is 5.87. The first-order chi connectivity index (χ1) is 11.7. The molecule has 0 spiro atoms. The number of anilines is 1. The molecule has 1 aromatic heterocycles. The second kappa shape index (κ2) is 7.25. The molecule has 126 valence electrons. The quantitative estimate of drug-likeness (QED) is 0.898. The molecule has 0 unspecified atom stereocenters. The highest BCUT2D eigenvalue weighted by Crippen LogP contribution is 2.26. The lowest BCUT2D eigenvalue weighted by molar-refractivity contribution is -0.124. The second-order valence-corrected chi connectivity index (χ2v) is 5.87. The van der Waals surface area contributed by atoms with Crippen LogP contribution in [-0.4, -0.2) is 39.7 Å². The van der Waals surface area contributed by atoms with E-state index in [1.165, 1.54) is 22.9 Å². The van der Waals surface area contributed by atoms with Crippen LogP contribution in [0, 0.1) is 0 Å². The molecule has 24 heavy (non-hydrogen) atoms. The van der Waals surface area contributed by atoms with Crippen molar-refractivity contribution in [3.8, 4) is 0 Å². The van der Waals surface area contributed by atoms with E-state index in [9.17, 15) is 9.59 Å². The maximum absolute atomic E-state index is 12.5. The van der Waals surface area contributed by atoms with E-state index in [1.807, 2.05) is 23.1 Å². The van der Waals surface area contributed by atoms with Gasteiger partial charge in [-0.05, 0) is 31.4 Å². The molecule has 0 radical (unpaired) electrons. The summed E-state index contributed by atoms with van der Waals surface area (Å²) in [6.45, 7) is 2.79. The number of aryl methyl sites for hydroxylation is 1. The molecular weight excluding hydrogens is 306 g/mol. The van der Waals surface area contributed by atoms with Crippen molar-refractivity contribution < 1.29 is 9.59 Å². The van der Waals surface area contributed by atoms with Crippen LogP contribution in [0.5, 0.6) is 0 Å². The summed E-state index contributed by atoms with van der Waals surface area (Å²) < 4.78 is 1.48. The smallest absolute Gasteiger partial charge is 0.244 e. The Labute approximate surface area is 140 Å². The van der Waals surface area contributed by atoms with Crippen LogP contribution in [0.2, 0.25) is 0 Å². The molecule has 0 bridgehead atoms. The summed E-state index contributed by atoms with van der Waals surface area (Å²) in [6.07, 6.45) is 5.15. The first-order valence-electron chi connectivity index (χ1n) is 8.17. The highest BCUT2D eigenvalue weighted by molar-refractivity contribution is 5.95. The molecule has 0 saturated heterocycles. The summed E-state index contributed by atoms with van der Waals surface area (Å²) in [5.74, 6) is -0.136. The summed E-state index contributed by atoms with van der Waals surface area (Å²) in [5.41, 5.74) is 2.21. The van der Waals surface area contributed by atoms with Gasteiger partial charge in [0.05, 0.1) is 0 Å². The summed E-state index contributed by atoms with van der Waals surface area (Å²) in [4.78, 5) is 30.2. The van der Waals surface area contributed by atoms with Gasteiger partial charge in [-0.1, -0.05) is 18.2 Å². The molecule has 0 aliphatic carbocycles. The molecule has 3 rings (SSSR count). The van der Waals surface area contributed by atoms with Crippen LogP contribution >= 0.6 is 0 Å². The van der Waals surface area contributed by atoms with Gasteiger partial charge in [0.25, 0.3) is 0 Å². The molecule has 7 heteroatoms. The van der Waals surface area contributed by atoms with Gasteiger partial charge in [-0.3, -0.25) is 9.59 Å². The first-order valence-corrected chi connectivity index (χ1v) is 8.17. The minimum Gasteiger partial charge on any atom is -0.354 e. The lowest BCUT2D eigenvalue weighted by atomic mass is 10.0. The minimum atomic E-state index is -0.446. The van der Waals surface area contributed by atoms with E-state index in [4.69, 9.17) is 0 Å². The Balaban J connectivity index is 1.52. The Hall–Kier alpha value is -2.70. The number of rotatable bonds is 5. The van der Waals surface area contributed by atoms with Gasteiger partial charge in [0.2, 0.25) is 11.8 Å². The fourth-order valence-electron chi connectivity index (χ4n) is 2.91. The number of aromatic nitrogens is 3. The lowest BCUT2D eigenvalue weighted by Crippen LogP contribution is -2.38. The zero-order valence-corrected chi connectivity index (χ0v) is 13.7. The number of carbonyl (C=O) groups is 2. The zero-order valence-electron chi connectivity index (χ0n) is 13.7. The van der Waals surface area contributed by atoms with Crippen molar-refractivity contribution in [2.24, 2.45) is 0 Å². The fraction of sp³-hybridized carbons (Fsp3) is 0.412. The van der Waals surface area contributed by atoms with Crippen LogP contribution in [0.25, 0.3) is 0 Å². The molecule has 1 N–H and O–H groups in total. The van der Waals surface area contributed by atoms with Crippen LogP contribution in [-0.2, 0) is 16.0 Å². The van der Waals surface area contributed by atoms with Crippen LogP contribution in [0.4, 0.5) is 5.69 Å². The van der Waals surface area contributed by atoms with Gasteiger partial charge in [0.1, 0.15) is 18.7 Å². The highest BCUT2D eigenvalue weighted by Gasteiger charge is 2.22. The number of amides is 2. The molecule has 2 amide bonds. The zero-order chi connectivity index (χ0) is 16.9. The van der Waals surface area contributed by atoms with Crippen LogP contribution in [0.3, 0.4) is 0 Å². The summed E-state index contributed by atoms with van der Waals surface area (Å²) in [7, 11) is 0. The van der Waals surface area contributed by atoms with Crippen molar-refractivity contribution in [2.45, 2.75) is 32.2 Å². The van der Waals surface area contributed by atoms with Crippen LogP contribution in [0.1, 0.15) is 31.4 Å². The minimum absolute atomic E-state index is 0.0378. The Morgan fingerprint density at radius 2 is 2.17 bits per heavy atom. The third kappa shape index (κ3) is 3.45. The van der Waals surface area contributed by atoms with Crippen molar-refractivity contribution in [3.05, 3.63) is 42.5 Å². The SMILES string of the molecule is C[C@@H](C(=O)NCCC(=O)N1CCCc2ccccc21)n1cncn1. The van der Waals surface area contributed by atoms with E-state index >= 15 is 0 Å². The van der Waals surface area contributed by atoms with Gasteiger partial charge in [0, 0.05) is 25.2 Å². The Bertz CT molecular complexity index is 714. The van der Waals surface area contributed by atoms with E-state index in [0.29, 0.717) is 6.54 Å². The number of fused-ring (bicyclic) bond motifs is 1. The predicted octanol–water partition coefficient (Wildman–Crippen LogP) is 1.32. The standard InChI is InChI=1S/C17H21N5O2/c1-13(22-12-18-11-20-22)17(24)19-9-8-16(23)21-10-4-6-14-5-2-3-7-15(14)21/h2-3,5,7,11-13H,4,6,8-10H2,1H3,(H,19,24)/t13-/m0/s1. The largest absolute Gasteiger partial charge is 0.354 e. The molecular formula is C17H21N5O2. The van der Waals surface area contributed by atoms with E-state index < -0.39 is 6.04 Å². The molecule has 1 atom stereocenters. The van der Waals surface area contributed by atoms with Gasteiger partial charge in [-0.15, -0.1) is 0 Å². The number of carbonyl (C=O) groups excluding carboxylic acids is 2. The van der Waals surface area contributed by atoms with Crippen molar-refractivity contribution in [3.63, 3.8) is 0 Å². The van der Waals surface area contributed by atoms with E-state index in [2.05, 4.69) is 21.5 Å². The van der Waals surface area contributed by atoms with Gasteiger partial charge >= 0.3 is 0 Å². The van der Waals surface area contributed by atoms with E-state index in [-0.39, 0.29) is 18.2 Å². The van der Waals surface area contributed by atoms with Crippen LogP contribution < -0.4 is 10.2 Å². The maximum Gasteiger partial charge on any atom is 0.244 e. The maximum atomic E-state index is 12.5. The molecule has 0 fully saturated rings. The lowest BCUT2D eigenvalue weighted by Gasteiger charge is -2.29. The fourth-order valence-corrected chi connectivity index (χ4v) is 2.91. The van der Waals surface area contributed by atoms with Crippen LogP contribution in [0.15, 0.2) is 36.9 Å². The van der Waals surface area contributed by atoms with Crippen molar-refractivity contribution >= 4 is 17.5 Å². The number of nitrogens with zero attached hydrogens (tertiary/aromatic N) is 4. The molecule has 2 aromatic rings. The van der Waals surface area contributed by atoms with Crippen molar-refractivity contribution in [1.29, 1.82) is 0 Å². The first kappa shape index (κ1) is 16.2. The van der Waals surface area contributed by atoms with Crippen molar-refractivity contribution in [1.82, 2.24) is 20.1 Å². The number of hydrogen-bond donors (Lipinski definition) is 1. The van der Waals surface area contributed by atoms with E-state index in [1.54, 1.807) is 6.92 Å². The van der Waals surface area contributed by atoms with Gasteiger partial charge in [-0.2, -0.15) is 5.10 Å². The van der Waals surface area contributed by atoms with Gasteiger partial charge in [0.15, 0.2) is 0 Å². The summed E-state index contributed by atoms with van der Waals surface area (Å²) >= 11 is 0. The molecule has 1 aliphatic rings. The Morgan fingerprint density at radius 3 is 2.96 bits per heavy atom. The third-order valence-corrected chi connectivity index (χ3v) is 4.26. The molecule has 0 saturated carbocycles. The van der Waals surface area contributed by atoms with Crippen molar-refractivity contribution in [2.75, 3.05) is 18.0 Å². The number of hydrogen-bond acceptors (Lipinski definition) is 4. The normalized spacial score (nSPS) is 14.8. The average molecular weight is 327 g/mol. The highest BCUT2D eigenvalue weighted by atomic mass is 16.2. The number of para-hydroxylation sites is 1. The Kier molecular flexibility index (Phi) is 4.88. The summed E-state index contributed by atoms with van der Waals surface area (Å²) in [5, 5.41) is 6.74. The molecule has 2 heterocycles. The topological polar surface area (TPSA) is 80.1 Å². The molecule has 1 aromatic carbocycles. The van der Waals surface area contributed by atoms with Gasteiger partial charge < -0.3 is 10.2 Å². The predicted molar refractivity (Wildman–Crippen MR) is 89.5 cm³/mol. The average Bonchev–Trinajstić information content (AvgIpc) is 3.15. The molecule has 1 aliphatic heterocycles. The Morgan fingerprint density at radius 1 is 1.33 bits per heavy atom. The third-order valence-electron chi connectivity index (χ3n) is 4.26. The number of benzene rings is 1. The monoisotopic (exact) mass is 327 g/mol. The molecule has 7 nitrogen and oxygen atoms in total. The van der Waals surface area contributed by atoms with E-state index in [0.717, 1.165) is 25.1 Å². The number of nitrogens with one attached hydrogen (secondary N) is 1.